The maximum Gasteiger partial charge on any atom is 0.320 e. The van der Waals surface area contributed by atoms with Gasteiger partial charge in [0.1, 0.15) is 35.5 Å². The highest BCUT2D eigenvalue weighted by Crippen LogP contribution is 2.38. The zero-order chi connectivity index (χ0) is 34.9. The number of pyridine rings is 1. The van der Waals surface area contributed by atoms with Gasteiger partial charge in [0, 0.05) is 36.6 Å². The van der Waals surface area contributed by atoms with Gasteiger partial charge in [-0.2, -0.15) is 0 Å². The molecule has 2 amide bonds. The van der Waals surface area contributed by atoms with Gasteiger partial charge in [-0.1, -0.05) is 30.3 Å². The van der Waals surface area contributed by atoms with E-state index in [0.29, 0.717) is 42.7 Å². The lowest BCUT2D eigenvalue weighted by atomic mass is 9.85. The van der Waals surface area contributed by atoms with E-state index in [9.17, 15) is 4.79 Å². The van der Waals surface area contributed by atoms with Gasteiger partial charge >= 0.3 is 6.03 Å². The van der Waals surface area contributed by atoms with Crippen molar-refractivity contribution in [2.45, 2.75) is 64.1 Å². The first-order chi connectivity index (χ1) is 23.6. The summed E-state index contributed by atoms with van der Waals surface area (Å²) < 4.78 is 14.0. The molecular weight excluding hydrogens is 618 g/mol. The highest BCUT2D eigenvalue weighted by molar-refractivity contribution is 5.92. The summed E-state index contributed by atoms with van der Waals surface area (Å²) in [7, 11) is 3.98. The maximum atomic E-state index is 13.4. The maximum absolute atomic E-state index is 13.4. The summed E-state index contributed by atoms with van der Waals surface area (Å²) >= 11 is 0. The molecule has 1 aromatic heterocycles. The summed E-state index contributed by atoms with van der Waals surface area (Å²) in [6.45, 7) is 5.93. The molecule has 0 spiro atoms. The van der Waals surface area contributed by atoms with Crippen LogP contribution in [0, 0.1) is 16.2 Å². The molecule has 2 aliphatic rings. The third kappa shape index (κ3) is 9.50. The Labute approximate surface area is 288 Å². The van der Waals surface area contributed by atoms with Crippen molar-refractivity contribution in [1.29, 1.82) is 16.2 Å². The second-order valence-corrected chi connectivity index (χ2v) is 13.0. The molecule has 5 rings (SSSR count). The first-order valence-electron chi connectivity index (χ1n) is 16.9. The zero-order valence-corrected chi connectivity index (χ0v) is 28.9. The van der Waals surface area contributed by atoms with E-state index in [0.717, 1.165) is 49.2 Å². The lowest BCUT2D eigenvalue weighted by Gasteiger charge is -2.36. The van der Waals surface area contributed by atoms with E-state index in [1.165, 1.54) is 0 Å². The lowest BCUT2D eigenvalue weighted by molar-refractivity contribution is 0.170. The molecule has 12 heteroatoms. The standard InChI is InChI=1S/C37H49N9O3/c1-25(38)22-35(41-27-11-9-12-28(23-27)48-21-20-44(3)4)43-37(47)42-32-16-17-33(31-14-6-5-13-30(31)32)49-29-15-18-34(39)46(24-29)36(40)45-19-8-7-10-26(45)2/h5-6,9,11-15,18,22-24,26,32-33,38-41H,7-8,10,16-17,19-21H2,1-4H3,(H2,42,43,47)/b35-22+,38-25?,39-34?,40-36?/t26-,32?,33+/m0/s1. The van der Waals surface area contributed by atoms with Gasteiger partial charge in [-0.3, -0.25) is 20.7 Å². The van der Waals surface area contributed by atoms with Crippen molar-refractivity contribution in [3.8, 4) is 11.5 Å². The van der Waals surface area contributed by atoms with Gasteiger partial charge in [0.25, 0.3) is 0 Å². The van der Waals surface area contributed by atoms with E-state index >= 15 is 0 Å². The minimum absolute atomic E-state index is 0.233. The number of carbonyl (C=O) groups is 1. The average molecular weight is 668 g/mol. The van der Waals surface area contributed by atoms with Crippen LogP contribution in [0.2, 0.25) is 0 Å². The number of hydrogen-bond acceptors (Lipinski definition) is 8. The van der Waals surface area contributed by atoms with Crippen molar-refractivity contribution >= 4 is 23.4 Å². The Bertz CT molecular complexity index is 1730. The largest absolute Gasteiger partial charge is 0.492 e. The Kier molecular flexibility index (Phi) is 11.7. The summed E-state index contributed by atoms with van der Waals surface area (Å²) in [4.78, 5) is 17.5. The second-order valence-electron chi connectivity index (χ2n) is 13.0. The van der Waals surface area contributed by atoms with Crippen molar-refractivity contribution in [1.82, 2.24) is 25.0 Å². The fourth-order valence-electron chi connectivity index (χ4n) is 6.27. The molecule has 1 fully saturated rings. The molecule has 0 bridgehead atoms. The quantitative estimate of drug-likeness (QED) is 0.112. The number of benzene rings is 2. The van der Waals surface area contributed by atoms with Crippen molar-refractivity contribution < 1.29 is 14.3 Å². The number of fused-ring (bicyclic) bond motifs is 1. The summed E-state index contributed by atoms with van der Waals surface area (Å²) in [5.74, 6) is 1.96. The van der Waals surface area contributed by atoms with E-state index in [-0.39, 0.29) is 29.4 Å². The third-order valence-electron chi connectivity index (χ3n) is 8.77. The van der Waals surface area contributed by atoms with Gasteiger partial charge in [0.15, 0.2) is 0 Å². The SMILES string of the molecule is CC(=N)/C=C(/NC(=O)NC1CC[C@@H](Oc2ccc(=N)n(C(=N)N3CCCC[C@@H]3C)c2)c2ccccc21)Nc1cccc(OCCN(C)C)c1. The number of urea groups is 1. The molecule has 12 nitrogen and oxygen atoms in total. The molecule has 1 unspecified atom stereocenters. The molecule has 1 saturated heterocycles. The molecule has 0 radical (unpaired) electrons. The number of likely N-dealkylation sites (N-methyl/N-ethyl adjacent to an activating group) is 1. The van der Waals surface area contributed by atoms with Crippen LogP contribution in [0.15, 0.2) is 78.8 Å². The van der Waals surface area contributed by atoms with Gasteiger partial charge in [0.2, 0.25) is 5.96 Å². The van der Waals surface area contributed by atoms with Gasteiger partial charge in [-0.25, -0.2) is 4.79 Å². The summed E-state index contributed by atoms with van der Waals surface area (Å²) in [6.07, 6.45) is 7.60. The molecule has 3 atom stereocenters. The number of rotatable bonds is 11. The molecule has 2 aromatic carbocycles. The summed E-state index contributed by atoms with van der Waals surface area (Å²) in [5, 5.41) is 34.6. The first kappa shape index (κ1) is 35.2. The molecule has 3 aromatic rings. The van der Waals surface area contributed by atoms with E-state index in [1.54, 1.807) is 35.9 Å². The molecule has 1 aliphatic heterocycles. The number of aromatic nitrogens is 1. The van der Waals surface area contributed by atoms with Crippen molar-refractivity contribution in [2.75, 3.05) is 39.1 Å². The number of hydrogen-bond donors (Lipinski definition) is 6. The summed E-state index contributed by atoms with van der Waals surface area (Å²) in [6, 6.07) is 18.5. The average Bonchev–Trinajstić information content (AvgIpc) is 3.06. The van der Waals surface area contributed by atoms with Crippen LogP contribution in [0.25, 0.3) is 0 Å². The van der Waals surface area contributed by atoms with Crippen LogP contribution in [0.4, 0.5) is 10.5 Å². The monoisotopic (exact) mass is 667 g/mol. The van der Waals surface area contributed by atoms with Gasteiger partial charge < -0.3 is 35.3 Å². The lowest BCUT2D eigenvalue weighted by Crippen LogP contribution is -2.47. The van der Waals surface area contributed by atoms with E-state index in [4.69, 9.17) is 25.7 Å². The smallest absolute Gasteiger partial charge is 0.320 e. The minimum Gasteiger partial charge on any atom is -0.492 e. The van der Waals surface area contributed by atoms with E-state index in [1.807, 2.05) is 67.5 Å². The van der Waals surface area contributed by atoms with Crippen LogP contribution in [0.5, 0.6) is 11.5 Å². The molecule has 6 N–H and O–H groups in total. The second kappa shape index (κ2) is 16.3. The number of likely N-dealkylation sites (tertiary alicyclic amines) is 1. The summed E-state index contributed by atoms with van der Waals surface area (Å²) in [5.41, 5.74) is 3.19. The van der Waals surface area contributed by atoms with Gasteiger partial charge in [-0.05, 0) is 102 Å². The fourth-order valence-corrected chi connectivity index (χ4v) is 6.27. The van der Waals surface area contributed by atoms with Crippen molar-refractivity contribution in [2.24, 2.45) is 0 Å². The Morgan fingerprint density at radius 1 is 1.00 bits per heavy atom. The number of ether oxygens (including phenoxy) is 2. The van der Waals surface area contributed by atoms with Crippen LogP contribution in [0.3, 0.4) is 0 Å². The Morgan fingerprint density at radius 2 is 1.80 bits per heavy atom. The van der Waals surface area contributed by atoms with Crippen LogP contribution in [0.1, 0.15) is 69.2 Å². The Balaban J connectivity index is 1.25. The normalized spacial score (nSPS) is 19.1. The fraction of sp³-hybridized carbons (Fsp3) is 0.405. The molecular formula is C37H49N9O3. The highest BCUT2D eigenvalue weighted by Gasteiger charge is 2.30. The Hall–Kier alpha value is -5.10. The number of allylic oxidation sites excluding steroid dienone is 1. The van der Waals surface area contributed by atoms with Crippen LogP contribution >= 0.6 is 0 Å². The topological polar surface area (TPSA) is 155 Å². The molecule has 260 valence electrons. The number of piperidine rings is 1. The molecule has 1 aliphatic carbocycles. The Morgan fingerprint density at radius 3 is 2.55 bits per heavy atom. The third-order valence-corrected chi connectivity index (χ3v) is 8.77. The number of nitrogens with one attached hydrogen (secondary N) is 6. The van der Waals surface area contributed by atoms with E-state index < -0.39 is 6.03 Å². The van der Waals surface area contributed by atoms with Crippen LogP contribution in [-0.4, -0.2) is 71.9 Å². The molecule has 49 heavy (non-hydrogen) atoms. The molecule has 2 heterocycles. The van der Waals surface area contributed by atoms with Crippen molar-refractivity contribution in [3.63, 3.8) is 0 Å². The van der Waals surface area contributed by atoms with E-state index in [2.05, 4.69) is 27.8 Å². The van der Waals surface area contributed by atoms with Crippen molar-refractivity contribution in [3.05, 3.63) is 95.4 Å². The predicted molar refractivity (Wildman–Crippen MR) is 192 cm³/mol. The van der Waals surface area contributed by atoms with Crippen LogP contribution < -0.4 is 30.9 Å². The number of anilines is 1. The number of amides is 2. The number of carbonyl (C=O) groups excluding carboxylic acids is 1. The highest BCUT2D eigenvalue weighted by atomic mass is 16.5. The zero-order valence-electron chi connectivity index (χ0n) is 28.9. The minimum atomic E-state index is -0.393. The first-order valence-corrected chi connectivity index (χ1v) is 16.9. The van der Waals surface area contributed by atoms with Crippen LogP contribution in [-0.2, 0) is 0 Å². The van der Waals surface area contributed by atoms with Gasteiger partial charge in [-0.15, -0.1) is 0 Å². The predicted octanol–water partition coefficient (Wildman–Crippen LogP) is 5.81. The van der Waals surface area contributed by atoms with Gasteiger partial charge in [0.05, 0.1) is 12.2 Å². The molecule has 0 saturated carbocycles. The number of nitrogens with zero attached hydrogens (tertiary/aromatic N) is 3.